The maximum absolute atomic E-state index is 10.5. The minimum atomic E-state index is 0.435. The molecule has 0 saturated heterocycles. The standard InChI is InChI=1S/C14H14O3/c1-16-13-8-11-4-3-10(5-6-15)7-12(11)9-14(13)17-2/h3-4,6-9H,5H2,1-2H3. The van der Waals surface area contributed by atoms with Crippen molar-refractivity contribution >= 4 is 17.1 Å². The van der Waals surface area contributed by atoms with Gasteiger partial charge in [-0.15, -0.1) is 0 Å². The maximum Gasteiger partial charge on any atom is 0.161 e. The molecule has 0 aliphatic rings. The highest BCUT2D eigenvalue weighted by atomic mass is 16.5. The van der Waals surface area contributed by atoms with Gasteiger partial charge in [0.15, 0.2) is 11.5 Å². The number of benzene rings is 2. The summed E-state index contributed by atoms with van der Waals surface area (Å²) in [6.07, 6.45) is 1.34. The highest BCUT2D eigenvalue weighted by molar-refractivity contribution is 5.87. The van der Waals surface area contributed by atoms with Crippen molar-refractivity contribution in [2.24, 2.45) is 0 Å². The number of carbonyl (C=O) groups is 1. The fourth-order valence-electron chi connectivity index (χ4n) is 1.85. The number of ether oxygens (including phenoxy) is 2. The maximum atomic E-state index is 10.5. The largest absolute Gasteiger partial charge is 0.493 e. The van der Waals surface area contributed by atoms with E-state index in [0.29, 0.717) is 17.9 Å². The Bertz CT molecular complexity index is 546. The van der Waals surface area contributed by atoms with Crippen molar-refractivity contribution in [3.63, 3.8) is 0 Å². The molecule has 17 heavy (non-hydrogen) atoms. The van der Waals surface area contributed by atoms with Crippen molar-refractivity contribution in [3.05, 3.63) is 35.9 Å². The van der Waals surface area contributed by atoms with Crippen molar-refractivity contribution in [1.29, 1.82) is 0 Å². The molecule has 3 heteroatoms. The van der Waals surface area contributed by atoms with Gasteiger partial charge in [0.2, 0.25) is 0 Å². The van der Waals surface area contributed by atoms with Crippen molar-refractivity contribution in [2.75, 3.05) is 14.2 Å². The first-order valence-electron chi connectivity index (χ1n) is 5.36. The summed E-state index contributed by atoms with van der Waals surface area (Å²) in [7, 11) is 3.23. The lowest BCUT2D eigenvalue weighted by molar-refractivity contribution is -0.107. The number of hydrogen-bond donors (Lipinski definition) is 0. The van der Waals surface area contributed by atoms with E-state index in [1.54, 1.807) is 14.2 Å². The Morgan fingerprint density at radius 2 is 1.65 bits per heavy atom. The van der Waals surface area contributed by atoms with E-state index >= 15 is 0 Å². The summed E-state index contributed by atoms with van der Waals surface area (Å²) in [4.78, 5) is 10.5. The summed E-state index contributed by atoms with van der Waals surface area (Å²) in [5, 5.41) is 2.11. The predicted octanol–water partition coefficient (Wildman–Crippen LogP) is 2.60. The Balaban J connectivity index is 2.57. The third-order valence-corrected chi connectivity index (χ3v) is 2.73. The van der Waals surface area contributed by atoms with E-state index in [-0.39, 0.29) is 0 Å². The van der Waals surface area contributed by atoms with E-state index in [9.17, 15) is 4.79 Å². The molecule has 0 N–H and O–H groups in total. The van der Waals surface area contributed by atoms with Crippen LogP contribution >= 0.6 is 0 Å². The number of aldehydes is 1. The third-order valence-electron chi connectivity index (χ3n) is 2.73. The Labute approximate surface area is 100.0 Å². The molecule has 0 radical (unpaired) electrons. The molecule has 2 rings (SSSR count). The van der Waals surface area contributed by atoms with Gasteiger partial charge < -0.3 is 14.3 Å². The van der Waals surface area contributed by atoms with Crippen LogP contribution < -0.4 is 9.47 Å². The average molecular weight is 230 g/mol. The number of methoxy groups -OCH3 is 2. The monoisotopic (exact) mass is 230 g/mol. The molecule has 0 amide bonds. The second-order valence-electron chi connectivity index (χ2n) is 3.76. The summed E-state index contributed by atoms with van der Waals surface area (Å²) >= 11 is 0. The first-order valence-corrected chi connectivity index (χ1v) is 5.36. The van der Waals surface area contributed by atoms with Gasteiger partial charge in [0.25, 0.3) is 0 Å². The lowest BCUT2D eigenvalue weighted by Crippen LogP contribution is -1.91. The van der Waals surface area contributed by atoms with Crippen molar-refractivity contribution in [2.45, 2.75) is 6.42 Å². The summed E-state index contributed by atoms with van der Waals surface area (Å²) in [5.74, 6) is 1.41. The van der Waals surface area contributed by atoms with Gasteiger partial charge in [-0.05, 0) is 28.5 Å². The molecule has 3 nitrogen and oxygen atoms in total. The van der Waals surface area contributed by atoms with Crippen LogP contribution in [-0.2, 0) is 11.2 Å². The molecule has 0 atom stereocenters. The van der Waals surface area contributed by atoms with Gasteiger partial charge in [-0.25, -0.2) is 0 Å². The molecule has 88 valence electrons. The van der Waals surface area contributed by atoms with Gasteiger partial charge >= 0.3 is 0 Å². The summed E-state index contributed by atoms with van der Waals surface area (Å²) in [6, 6.07) is 9.77. The van der Waals surface area contributed by atoms with Gasteiger partial charge in [0.05, 0.1) is 14.2 Å². The van der Waals surface area contributed by atoms with Crippen LogP contribution in [0, 0.1) is 0 Å². The van der Waals surface area contributed by atoms with Crippen LogP contribution in [0.4, 0.5) is 0 Å². The minimum Gasteiger partial charge on any atom is -0.493 e. The first-order chi connectivity index (χ1) is 8.28. The SMILES string of the molecule is COc1cc2ccc(CC=O)cc2cc1OC. The molecule has 0 saturated carbocycles. The van der Waals surface area contributed by atoms with Gasteiger partial charge in [0, 0.05) is 6.42 Å². The number of fused-ring (bicyclic) bond motifs is 1. The van der Waals surface area contributed by atoms with Crippen LogP contribution in [0.5, 0.6) is 11.5 Å². The molecule has 0 unspecified atom stereocenters. The Morgan fingerprint density at radius 1 is 1.00 bits per heavy atom. The smallest absolute Gasteiger partial charge is 0.161 e. The van der Waals surface area contributed by atoms with E-state index in [1.165, 1.54) is 0 Å². The lowest BCUT2D eigenvalue weighted by atomic mass is 10.0. The molecule has 0 aliphatic carbocycles. The first kappa shape index (κ1) is 11.5. The zero-order valence-corrected chi connectivity index (χ0v) is 9.90. The zero-order chi connectivity index (χ0) is 12.3. The van der Waals surface area contributed by atoms with E-state index in [4.69, 9.17) is 9.47 Å². The molecule has 0 aliphatic heterocycles. The second kappa shape index (κ2) is 4.87. The van der Waals surface area contributed by atoms with Crippen LogP contribution in [0.3, 0.4) is 0 Å². The normalized spacial score (nSPS) is 10.2. The number of carbonyl (C=O) groups excluding carboxylic acids is 1. The Kier molecular flexibility index (Phi) is 3.28. The molecule has 0 bridgehead atoms. The van der Waals surface area contributed by atoms with E-state index in [1.807, 2.05) is 30.3 Å². The van der Waals surface area contributed by atoms with E-state index < -0.39 is 0 Å². The molecule has 0 aromatic heterocycles. The molecule has 2 aromatic rings. The van der Waals surface area contributed by atoms with Crippen LogP contribution in [0.25, 0.3) is 10.8 Å². The quantitative estimate of drug-likeness (QED) is 0.757. The van der Waals surface area contributed by atoms with E-state index in [0.717, 1.165) is 22.6 Å². The van der Waals surface area contributed by atoms with Gasteiger partial charge in [0.1, 0.15) is 6.29 Å². The van der Waals surface area contributed by atoms with Crippen LogP contribution in [0.15, 0.2) is 30.3 Å². The highest BCUT2D eigenvalue weighted by Gasteiger charge is 2.06. The Morgan fingerprint density at radius 3 is 2.24 bits per heavy atom. The second-order valence-corrected chi connectivity index (χ2v) is 3.76. The van der Waals surface area contributed by atoms with Crippen LogP contribution in [0.1, 0.15) is 5.56 Å². The fraction of sp³-hybridized carbons (Fsp3) is 0.214. The lowest BCUT2D eigenvalue weighted by Gasteiger charge is -2.09. The third kappa shape index (κ3) is 2.23. The molecule has 0 fully saturated rings. The van der Waals surface area contributed by atoms with Gasteiger partial charge in [-0.2, -0.15) is 0 Å². The topological polar surface area (TPSA) is 35.5 Å². The molecular weight excluding hydrogens is 216 g/mol. The van der Waals surface area contributed by atoms with Crippen LogP contribution in [-0.4, -0.2) is 20.5 Å². The summed E-state index contributed by atoms with van der Waals surface area (Å²) in [5.41, 5.74) is 1.000. The predicted molar refractivity (Wildman–Crippen MR) is 66.8 cm³/mol. The molecule has 2 aromatic carbocycles. The van der Waals surface area contributed by atoms with Gasteiger partial charge in [-0.1, -0.05) is 18.2 Å². The fourth-order valence-corrected chi connectivity index (χ4v) is 1.85. The summed E-state index contributed by atoms with van der Waals surface area (Å²) in [6.45, 7) is 0. The van der Waals surface area contributed by atoms with Gasteiger partial charge in [-0.3, -0.25) is 0 Å². The highest BCUT2D eigenvalue weighted by Crippen LogP contribution is 2.32. The van der Waals surface area contributed by atoms with E-state index in [2.05, 4.69) is 0 Å². The number of rotatable bonds is 4. The molecule has 0 spiro atoms. The number of hydrogen-bond acceptors (Lipinski definition) is 3. The van der Waals surface area contributed by atoms with Crippen molar-refractivity contribution in [3.8, 4) is 11.5 Å². The molecular formula is C14H14O3. The van der Waals surface area contributed by atoms with Crippen molar-refractivity contribution in [1.82, 2.24) is 0 Å². The van der Waals surface area contributed by atoms with Crippen molar-refractivity contribution < 1.29 is 14.3 Å². The molecule has 0 heterocycles. The average Bonchev–Trinajstić information content (AvgIpc) is 2.37. The zero-order valence-electron chi connectivity index (χ0n) is 9.90. The minimum absolute atomic E-state index is 0.435. The summed E-state index contributed by atoms with van der Waals surface area (Å²) < 4.78 is 10.5. The Hall–Kier alpha value is -2.03. The van der Waals surface area contributed by atoms with Crippen LogP contribution in [0.2, 0.25) is 0 Å².